The second-order valence-electron chi connectivity index (χ2n) is 8.91. The van der Waals surface area contributed by atoms with E-state index in [-0.39, 0.29) is 10.8 Å². The molecule has 1 aliphatic carbocycles. The zero-order valence-electron chi connectivity index (χ0n) is 18.0. The first kappa shape index (κ1) is 21.7. The molecule has 1 saturated carbocycles. The zero-order valence-corrected chi connectivity index (χ0v) is 21.1. The molecule has 0 aliphatic heterocycles. The second-order valence-corrected chi connectivity index (χ2v) is 10.7. The predicted molar refractivity (Wildman–Crippen MR) is 141 cm³/mol. The summed E-state index contributed by atoms with van der Waals surface area (Å²) in [6.45, 7) is 0. The normalized spacial score (nSPS) is 17.1. The Morgan fingerprint density at radius 2 is 0.656 bits per heavy atom. The summed E-state index contributed by atoms with van der Waals surface area (Å²) in [5.41, 5.74) is 5.78. The van der Waals surface area contributed by atoms with Crippen LogP contribution in [0.1, 0.15) is 47.9 Å². The molecule has 0 aromatic heterocycles. The maximum Gasteiger partial charge on any atom is 0.0203 e. The van der Waals surface area contributed by atoms with E-state index in [0.717, 1.165) is 34.6 Å². The van der Waals surface area contributed by atoms with Gasteiger partial charge in [-0.15, -0.1) is 0 Å². The van der Waals surface area contributed by atoms with Gasteiger partial charge in [0.2, 0.25) is 0 Å². The molecule has 5 rings (SSSR count). The molecule has 0 unspecified atom stereocenters. The monoisotopic (exact) mass is 544 g/mol. The van der Waals surface area contributed by atoms with E-state index in [9.17, 15) is 0 Å². The van der Waals surface area contributed by atoms with Crippen molar-refractivity contribution in [2.45, 2.75) is 36.5 Å². The summed E-state index contributed by atoms with van der Waals surface area (Å²) in [5, 5.41) is 0. The highest BCUT2D eigenvalue weighted by molar-refractivity contribution is 9.10. The molecule has 0 atom stereocenters. The molecule has 0 saturated heterocycles. The van der Waals surface area contributed by atoms with Crippen LogP contribution in [-0.2, 0) is 10.8 Å². The van der Waals surface area contributed by atoms with E-state index in [1.807, 2.05) is 0 Å². The fourth-order valence-corrected chi connectivity index (χ4v) is 6.17. The van der Waals surface area contributed by atoms with Crippen molar-refractivity contribution < 1.29 is 0 Å². The van der Waals surface area contributed by atoms with E-state index < -0.39 is 0 Å². The van der Waals surface area contributed by atoms with Crippen LogP contribution in [0.5, 0.6) is 0 Å². The number of hydrogen-bond donors (Lipinski definition) is 0. The summed E-state index contributed by atoms with van der Waals surface area (Å²) in [6.07, 6.45) is 4.46. The molecule has 1 aliphatic rings. The molecule has 0 N–H and O–H groups in total. The summed E-state index contributed by atoms with van der Waals surface area (Å²) >= 11 is 7.25. The largest absolute Gasteiger partial charge is 0.0622 e. The molecule has 32 heavy (non-hydrogen) atoms. The van der Waals surface area contributed by atoms with Crippen LogP contribution in [0.3, 0.4) is 0 Å². The van der Waals surface area contributed by atoms with Crippen LogP contribution in [0, 0.1) is 0 Å². The molecule has 0 heterocycles. The van der Waals surface area contributed by atoms with Crippen molar-refractivity contribution in [2.24, 2.45) is 0 Å². The molecule has 4 aromatic rings. The number of benzene rings is 4. The van der Waals surface area contributed by atoms with Crippen LogP contribution in [0.15, 0.2) is 118 Å². The Hall–Kier alpha value is -2.16. The lowest BCUT2D eigenvalue weighted by Gasteiger charge is -2.48. The number of hydrogen-bond acceptors (Lipinski definition) is 0. The van der Waals surface area contributed by atoms with Crippen molar-refractivity contribution in [1.29, 1.82) is 0 Å². The summed E-state index contributed by atoms with van der Waals surface area (Å²) in [7, 11) is 0. The van der Waals surface area contributed by atoms with Crippen molar-refractivity contribution in [3.8, 4) is 0 Å². The Bertz CT molecular complexity index is 1070. The van der Waals surface area contributed by atoms with E-state index in [4.69, 9.17) is 0 Å². The lowest BCUT2D eigenvalue weighted by molar-refractivity contribution is 0.257. The van der Waals surface area contributed by atoms with Gasteiger partial charge in [-0.1, -0.05) is 117 Å². The van der Waals surface area contributed by atoms with Crippen molar-refractivity contribution >= 4 is 31.9 Å². The summed E-state index contributed by atoms with van der Waals surface area (Å²) in [6, 6.07) is 40.3. The smallest absolute Gasteiger partial charge is 0.0203 e. The average molecular weight is 546 g/mol. The molecule has 0 radical (unpaired) electrons. The Balaban J connectivity index is 1.61. The second kappa shape index (κ2) is 9.00. The first-order chi connectivity index (χ1) is 15.6. The minimum Gasteiger partial charge on any atom is -0.0622 e. The average Bonchev–Trinajstić information content (AvgIpc) is 2.86. The Morgan fingerprint density at radius 3 is 0.969 bits per heavy atom. The van der Waals surface area contributed by atoms with Gasteiger partial charge in [-0.2, -0.15) is 0 Å². The molecular weight excluding hydrogens is 520 g/mol. The molecule has 0 amide bonds. The van der Waals surface area contributed by atoms with E-state index >= 15 is 0 Å². The highest BCUT2D eigenvalue weighted by Gasteiger charge is 2.46. The van der Waals surface area contributed by atoms with Crippen LogP contribution in [0.25, 0.3) is 0 Å². The van der Waals surface area contributed by atoms with Gasteiger partial charge < -0.3 is 0 Å². The van der Waals surface area contributed by atoms with E-state index in [1.165, 1.54) is 22.3 Å². The van der Waals surface area contributed by atoms with Crippen molar-refractivity contribution in [3.05, 3.63) is 140 Å². The molecule has 4 aromatic carbocycles. The van der Waals surface area contributed by atoms with Gasteiger partial charge in [-0.05, 0) is 72.2 Å². The third-order valence-corrected chi connectivity index (χ3v) is 8.46. The van der Waals surface area contributed by atoms with Gasteiger partial charge in [0.05, 0.1) is 0 Å². The zero-order chi connectivity index (χ0) is 22.0. The van der Waals surface area contributed by atoms with Crippen molar-refractivity contribution in [1.82, 2.24) is 0 Å². The molecular formula is C30H26Br2. The molecule has 1 fully saturated rings. The van der Waals surface area contributed by atoms with Gasteiger partial charge in [0.15, 0.2) is 0 Å². The van der Waals surface area contributed by atoms with Crippen LogP contribution in [-0.4, -0.2) is 0 Å². The first-order valence-corrected chi connectivity index (χ1v) is 12.8. The van der Waals surface area contributed by atoms with Gasteiger partial charge in [-0.25, -0.2) is 0 Å². The fourth-order valence-electron chi connectivity index (χ4n) is 5.64. The standard InChI is InChI=1S/C30H26Br2/c31-27-15-11-25(12-16-27)30(26-13-17-28(32)18-14-26)21-19-29(20-22-30,23-7-3-1-4-8-23)24-9-5-2-6-10-24/h1-18H,19-22H2. The van der Waals surface area contributed by atoms with Gasteiger partial charge in [0, 0.05) is 19.8 Å². The molecule has 0 spiro atoms. The molecule has 0 bridgehead atoms. The molecule has 2 heteroatoms. The summed E-state index contributed by atoms with van der Waals surface area (Å²) in [5.74, 6) is 0. The van der Waals surface area contributed by atoms with Crippen LogP contribution < -0.4 is 0 Å². The Morgan fingerprint density at radius 1 is 0.375 bits per heavy atom. The third-order valence-electron chi connectivity index (χ3n) is 7.40. The fraction of sp³-hybridized carbons (Fsp3) is 0.200. The quantitative estimate of drug-likeness (QED) is 0.240. The first-order valence-electron chi connectivity index (χ1n) is 11.3. The van der Waals surface area contributed by atoms with Crippen LogP contribution >= 0.6 is 31.9 Å². The predicted octanol–water partition coefficient (Wildman–Crippen LogP) is 9.06. The minimum absolute atomic E-state index is 0.0223. The SMILES string of the molecule is Brc1ccc(C2(c3ccc(Br)cc3)CCC(c3ccccc3)(c3ccccc3)CC2)cc1. The van der Waals surface area contributed by atoms with Crippen molar-refractivity contribution in [2.75, 3.05) is 0 Å². The van der Waals surface area contributed by atoms with E-state index in [0.29, 0.717) is 0 Å². The topological polar surface area (TPSA) is 0 Å². The van der Waals surface area contributed by atoms with Crippen molar-refractivity contribution in [3.63, 3.8) is 0 Å². The maximum absolute atomic E-state index is 3.63. The summed E-state index contributed by atoms with van der Waals surface area (Å²) in [4.78, 5) is 0. The minimum atomic E-state index is 0.0223. The van der Waals surface area contributed by atoms with Gasteiger partial charge in [0.1, 0.15) is 0 Å². The number of halogens is 2. The van der Waals surface area contributed by atoms with Gasteiger partial charge in [0.25, 0.3) is 0 Å². The van der Waals surface area contributed by atoms with Crippen LogP contribution in [0.2, 0.25) is 0 Å². The molecule has 160 valence electrons. The summed E-state index contributed by atoms with van der Waals surface area (Å²) < 4.78 is 2.26. The van der Waals surface area contributed by atoms with Gasteiger partial charge >= 0.3 is 0 Å². The molecule has 0 nitrogen and oxygen atoms in total. The third kappa shape index (κ3) is 3.89. The van der Waals surface area contributed by atoms with Crippen LogP contribution in [0.4, 0.5) is 0 Å². The maximum atomic E-state index is 3.63. The Kier molecular flexibility index (Phi) is 6.09. The number of rotatable bonds is 4. The van der Waals surface area contributed by atoms with Gasteiger partial charge in [-0.3, -0.25) is 0 Å². The Labute approximate surface area is 208 Å². The van der Waals surface area contributed by atoms with E-state index in [1.54, 1.807) is 0 Å². The lowest BCUT2D eigenvalue weighted by atomic mass is 9.55. The van der Waals surface area contributed by atoms with E-state index in [2.05, 4.69) is 141 Å². The highest BCUT2D eigenvalue weighted by atomic mass is 79.9. The highest BCUT2D eigenvalue weighted by Crippen LogP contribution is 2.54. The lowest BCUT2D eigenvalue weighted by Crippen LogP contribution is -2.41.